The lowest BCUT2D eigenvalue weighted by atomic mass is 10.2. The molecule has 0 radical (unpaired) electrons. The molecule has 0 atom stereocenters. The molecule has 4 heteroatoms. The van der Waals surface area contributed by atoms with E-state index >= 15 is 0 Å². The lowest BCUT2D eigenvalue weighted by molar-refractivity contribution is -0.130. The summed E-state index contributed by atoms with van der Waals surface area (Å²) in [4.78, 5) is 16.5. The van der Waals surface area contributed by atoms with Crippen LogP contribution in [0.4, 0.5) is 5.69 Å². The van der Waals surface area contributed by atoms with Gasteiger partial charge in [0.1, 0.15) is 0 Å². The molecule has 1 aromatic rings. The molecule has 2 fully saturated rings. The highest BCUT2D eigenvalue weighted by Crippen LogP contribution is 2.27. The summed E-state index contributed by atoms with van der Waals surface area (Å²) in [5.41, 5.74) is 2.56. The Kier molecular flexibility index (Phi) is 4.44. The third-order valence-corrected chi connectivity index (χ3v) is 4.41. The fourth-order valence-electron chi connectivity index (χ4n) is 2.86. The smallest absolute Gasteiger partial charge is 0.236 e. The summed E-state index contributed by atoms with van der Waals surface area (Å²) in [5, 5.41) is 3.29. The van der Waals surface area contributed by atoms with E-state index in [4.69, 9.17) is 0 Å². The van der Waals surface area contributed by atoms with Crippen molar-refractivity contribution in [3.05, 3.63) is 29.8 Å². The van der Waals surface area contributed by atoms with Gasteiger partial charge in [0.15, 0.2) is 0 Å². The number of hydrogen-bond donors (Lipinski definition) is 1. The Bertz CT molecular complexity index is 491. The zero-order chi connectivity index (χ0) is 14.7. The number of nitrogens with one attached hydrogen (secondary N) is 1. The number of aryl methyl sites for hydroxylation is 1. The monoisotopic (exact) mass is 287 g/mol. The van der Waals surface area contributed by atoms with Crippen LogP contribution in [0.5, 0.6) is 0 Å². The van der Waals surface area contributed by atoms with Crippen molar-refractivity contribution in [3.8, 4) is 0 Å². The molecule has 0 spiro atoms. The zero-order valence-corrected chi connectivity index (χ0v) is 12.8. The van der Waals surface area contributed by atoms with Gasteiger partial charge in [0.05, 0.1) is 6.54 Å². The number of hydrogen-bond acceptors (Lipinski definition) is 3. The minimum absolute atomic E-state index is 0.250. The van der Waals surface area contributed by atoms with E-state index in [0.717, 1.165) is 38.6 Å². The highest BCUT2D eigenvalue weighted by atomic mass is 16.2. The third-order valence-electron chi connectivity index (χ3n) is 4.41. The molecule has 0 bridgehead atoms. The average molecular weight is 287 g/mol. The van der Waals surface area contributed by atoms with Crippen LogP contribution < -0.4 is 10.2 Å². The number of piperazine rings is 1. The maximum atomic E-state index is 12.1. The van der Waals surface area contributed by atoms with E-state index in [9.17, 15) is 4.79 Å². The Labute approximate surface area is 127 Å². The fourth-order valence-corrected chi connectivity index (χ4v) is 2.86. The number of nitrogens with zero attached hydrogens (tertiary/aromatic N) is 2. The summed E-state index contributed by atoms with van der Waals surface area (Å²) in [6.07, 6.45) is 2.66. The Morgan fingerprint density at radius 1 is 1.24 bits per heavy atom. The van der Waals surface area contributed by atoms with Crippen molar-refractivity contribution in [2.24, 2.45) is 5.92 Å². The number of anilines is 1. The van der Waals surface area contributed by atoms with Crippen LogP contribution in [0.15, 0.2) is 24.3 Å². The zero-order valence-electron chi connectivity index (χ0n) is 12.8. The van der Waals surface area contributed by atoms with Crippen LogP contribution in [0.2, 0.25) is 0 Å². The second-order valence-electron chi connectivity index (χ2n) is 6.28. The first-order valence-electron chi connectivity index (χ1n) is 8.02. The van der Waals surface area contributed by atoms with E-state index in [1.165, 1.54) is 24.1 Å². The van der Waals surface area contributed by atoms with Gasteiger partial charge >= 0.3 is 0 Å². The van der Waals surface area contributed by atoms with Gasteiger partial charge in [0.25, 0.3) is 0 Å². The lowest BCUT2D eigenvalue weighted by Gasteiger charge is -2.36. The van der Waals surface area contributed by atoms with Crippen molar-refractivity contribution in [3.63, 3.8) is 0 Å². The molecule has 2 aliphatic rings. The molecule has 1 N–H and O–H groups in total. The summed E-state index contributed by atoms with van der Waals surface area (Å²) in [5.74, 6) is 1.08. The van der Waals surface area contributed by atoms with Crippen LogP contribution in [0.1, 0.15) is 18.4 Å². The van der Waals surface area contributed by atoms with E-state index in [0.29, 0.717) is 6.54 Å². The molecular formula is C17H25N3O. The fraction of sp³-hybridized carbons (Fsp3) is 0.588. The van der Waals surface area contributed by atoms with E-state index in [2.05, 4.69) is 41.4 Å². The van der Waals surface area contributed by atoms with E-state index in [-0.39, 0.29) is 5.91 Å². The van der Waals surface area contributed by atoms with E-state index in [1.807, 2.05) is 4.90 Å². The first kappa shape index (κ1) is 14.4. The maximum Gasteiger partial charge on any atom is 0.236 e. The number of rotatable bonds is 5. The van der Waals surface area contributed by atoms with Crippen molar-refractivity contribution in [2.45, 2.75) is 19.8 Å². The second kappa shape index (κ2) is 6.48. The number of carbonyl (C=O) groups is 1. The molecule has 21 heavy (non-hydrogen) atoms. The number of amides is 1. The molecule has 0 unspecified atom stereocenters. The van der Waals surface area contributed by atoms with Crippen LogP contribution in [0.3, 0.4) is 0 Å². The van der Waals surface area contributed by atoms with Gasteiger partial charge in [-0.15, -0.1) is 0 Å². The van der Waals surface area contributed by atoms with Crippen LogP contribution in [-0.4, -0.2) is 50.1 Å². The standard InChI is InChI=1S/C17H25N3O/c1-14-3-2-4-16(11-14)19-7-9-20(10-8-19)17(21)13-18-12-15-5-6-15/h2-4,11,15,18H,5-10,12-13H2,1H3. The SMILES string of the molecule is Cc1cccc(N2CCN(C(=O)CNCC3CC3)CC2)c1. The summed E-state index contributed by atoms with van der Waals surface area (Å²) >= 11 is 0. The minimum atomic E-state index is 0.250. The summed E-state index contributed by atoms with van der Waals surface area (Å²) in [7, 11) is 0. The average Bonchev–Trinajstić information content (AvgIpc) is 3.31. The Hall–Kier alpha value is -1.55. The summed E-state index contributed by atoms with van der Waals surface area (Å²) in [6, 6.07) is 8.59. The van der Waals surface area contributed by atoms with Gasteiger partial charge in [-0.3, -0.25) is 4.79 Å². The molecule has 1 aromatic carbocycles. The second-order valence-corrected chi connectivity index (χ2v) is 6.28. The molecule has 3 rings (SSSR count). The Morgan fingerprint density at radius 2 is 2.00 bits per heavy atom. The third kappa shape index (κ3) is 3.97. The molecule has 114 valence electrons. The van der Waals surface area contributed by atoms with E-state index in [1.54, 1.807) is 0 Å². The summed E-state index contributed by atoms with van der Waals surface area (Å²) < 4.78 is 0. The van der Waals surface area contributed by atoms with Crippen molar-refractivity contribution >= 4 is 11.6 Å². The van der Waals surface area contributed by atoms with Crippen LogP contribution >= 0.6 is 0 Å². The molecule has 1 aliphatic carbocycles. The number of carbonyl (C=O) groups excluding carboxylic acids is 1. The predicted octanol–water partition coefficient (Wildman–Crippen LogP) is 1.64. The molecule has 4 nitrogen and oxygen atoms in total. The first-order valence-corrected chi connectivity index (χ1v) is 8.02. The molecule has 1 aliphatic heterocycles. The highest BCUT2D eigenvalue weighted by molar-refractivity contribution is 5.78. The van der Waals surface area contributed by atoms with Crippen LogP contribution in [-0.2, 0) is 4.79 Å². The van der Waals surface area contributed by atoms with Gasteiger partial charge in [-0.1, -0.05) is 12.1 Å². The maximum absolute atomic E-state index is 12.1. The molecule has 1 saturated heterocycles. The van der Waals surface area contributed by atoms with Gasteiger partial charge in [0, 0.05) is 31.9 Å². The van der Waals surface area contributed by atoms with Gasteiger partial charge in [-0.05, 0) is 49.9 Å². The van der Waals surface area contributed by atoms with Crippen molar-refractivity contribution in [1.82, 2.24) is 10.2 Å². The molecule has 1 heterocycles. The van der Waals surface area contributed by atoms with Crippen LogP contribution in [0.25, 0.3) is 0 Å². The van der Waals surface area contributed by atoms with Crippen molar-refractivity contribution in [1.29, 1.82) is 0 Å². The normalized spacial score (nSPS) is 18.9. The van der Waals surface area contributed by atoms with Crippen molar-refractivity contribution in [2.75, 3.05) is 44.2 Å². The highest BCUT2D eigenvalue weighted by Gasteiger charge is 2.23. The quantitative estimate of drug-likeness (QED) is 0.894. The molecule has 1 saturated carbocycles. The molecule has 0 aromatic heterocycles. The Balaban J connectivity index is 1.44. The first-order chi connectivity index (χ1) is 10.2. The molecular weight excluding hydrogens is 262 g/mol. The van der Waals surface area contributed by atoms with Gasteiger partial charge in [-0.2, -0.15) is 0 Å². The predicted molar refractivity (Wildman–Crippen MR) is 85.6 cm³/mol. The lowest BCUT2D eigenvalue weighted by Crippen LogP contribution is -2.51. The minimum Gasteiger partial charge on any atom is -0.368 e. The van der Waals surface area contributed by atoms with Gasteiger partial charge in [-0.25, -0.2) is 0 Å². The van der Waals surface area contributed by atoms with Gasteiger partial charge in [0.2, 0.25) is 5.91 Å². The van der Waals surface area contributed by atoms with Crippen LogP contribution in [0, 0.1) is 12.8 Å². The molecule has 1 amide bonds. The number of benzene rings is 1. The summed E-state index contributed by atoms with van der Waals surface area (Å²) in [6.45, 7) is 7.15. The van der Waals surface area contributed by atoms with E-state index < -0.39 is 0 Å². The van der Waals surface area contributed by atoms with Gasteiger partial charge < -0.3 is 15.1 Å². The van der Waals surface area contributed by atoms with Crippen molar-refractivity contribution < 1.29 is 4.79 Å². The largest absolute Gasteiger partial charge is 0.368 e. The Morgan fingerprint density at radius 3 is 2.67 bits per heavy atom. The topological polar surface area (TPSA) is 35.6 Å².